The zero-order chi connectivity index (χ0) is 15.0. The molecule has 0 aliphatic heterocycles. The predicted molar refractivity (Wildman–Crippen MR) is 86.0 cm³/mol. The van der Waals surface area contributed by atoms with Gasteiger partial charge in [0.25, 0.3) is 0 Å². The predicted octanol–water partition coefficient (Wildman–Crippen LogP) is 5.07. The van der Waals surface area contributed by atoms with Crippen LogP contribution in [0.4, 0.5) is 0 Å². The first-order valence-electron chi connectivity index (χ1n) is 7.50. The fourth-order valence-electron chi connectivity index (χ4n) is 1.95. The lowest BCUT2D eigenvalue weighted by Gasteiger charge is -2.10. The van der Waals surface area contributed by atoms with Crippen molar-refractivity contribution in [2.45, 2.75) is 47.6 Å². The second kappa shape index (κ2) is 8.80. The molecule has 0 bridgehead atoms. The van der Waals surface area contributed by atoms with Gasteiger partial charge in [-0.3, -0.25) is 0 Å². The molecular weight excluding hydrogens is 248 g/mol. The van der Waals surface area contributed by atoms with E-state index >= 15 is 0 Å². The van der Waals surface area contributed by atoms with Crippen LogP contribution in [-0.4, -0.2) is 13.2 Å². The van der Waals surface area contributed by atoms with Crippen molar-refractivity contribution in [2.24, 2.45) is 5.92 Å². The number of hydrogen-bond acceptors (Lipinski definition) is 2. The lowest BCUT2D eigenvalue weighted by molar-refractivity contribution is 0.110. The Hall–Kier alpha value is -1.28. The Morgan fingerprint density at radius 2 is 1.95 bits per heavy atom. The van der Waals surface area contributed by atoms with Crippen LogP contribution in [-0.2, 0) is 11.3 Å². The smallest absolute Gasteiger partial charge is 0.120 e. The molecule has 0 heterocycles. The molecular formula is C18H28O2. The molecule has 0 atom stereocenters. The largest absolute Gasteiger partial charge is 0.494 e. The number of benzene rings is 1. The molecule has 0 radical (unpaired) electrons. The molecule has 0 spiro atoms. The molecule has 0 saturated heterocycles. The van der Waals surface area contributed by atoms with Gasteiger partial charge in [0, 0.05) is 6.61 Å². The summed E-state index contributed by atoms with van der Waals surface area (Å²) in [6.45, 7) is 12.8. The van der Waals surface area contributed by atoms with Crippen molar-refractivity contribution in [3.63, 3.8) is 0 Å². The molecule has 0 N–H and O–H groups in total. The van der Waals surface area contributed by atoms with Gasteiger partial charge in [-0.1, -0.05) is 25.5 Å². The monoisotopic (exact) mass is 276 g/mol. The van der Waals surface area contributed by atoms with Gasteiger partial charge in [0.05, 0.1) is 13.2 Å². The summed E-state index contributed by atoms with van der Waals surface area (Å²) in [5, 5.41) is 0. The van der Waals surface area contributed by atoms with E-state index in [0.29, 0.717) is 19.1 Å². The zero-order valence-electron chi connectivity index (χ0n) is 13.5. The Morgan fingerprint density at radius 3 is 2.55 bits per heavy atom. The average Bonchev–Trinajstić information content (AvgIpc) is 2.34. The Labute approximate surface area is 123 Å². The summed E-state index contributed by atoms with van der Waals surface area (Å²) >= 11 is 0. The molecule has 0 aliphatic rings. The van der Waals surface area contributed by atoms with E-state index in [2.05, 4.69) is 52.0 Å². The van der Waals surface area contributed by atoms with Crippen LogP contribution in [0.1, 0.15) is 52.2 Å². The molecule has 0 saturated carbocycles. The highest BCUT2D eigenvalue weighted by molar-refractivity contribution is 5.55. The van der Waals surface area contributed by atoms with E-state index in [4.69, 9.17) is 9.47 Å². The van der Waals surface area contributed by atoms with Gasteiger partial charge in [-0.2, -0.15) is 0 Å². The van der Waals surface area contributed by atoms with Crippen molar-refractivity contribution >= 4 is 6.08 Å². The number of rotatable bonds is 8. The quantitative estimate of drug-likeness (QED) is 0.617. The number of allylic oxidation sites excluding steroid dienone is 1. The number of hydrogen-bond donors (Lipinski definition) is 0. The van der Waals surface area contributed by atoms with Crippen LogP contribution in [0.5, 0.6) is 5.75 Å². The minimum absolute atomic E-state index is 0.650. The second-order valence-electron chi connectivity index (χ2n) is 5.80. The van der Waals surface area contributed by atoms with E-state index < -0.39 is 0 Å². The van der Waals surface area contributed by atoms with Crippen LogP contribution in [0.15, 0.2) is 23.8 Å². The van der Waals surface area contributed by atoms with Crippen LogP contribution in [0.25, 0.3) is 6.08 Å². The SMILES string of the molecule is CCOc1cc(C=C(C)C)cc(COCCC(C)C)c1. The van der Waals surface area contributed by atoms with Crippen molar-refractivity contribution in [3.8, 4) is 5.75 Å². The van der Waals surface area contributed by atoms with Crippen LogP contribution < -0.4 is 4.74 Å². The maximum atomic E-state index is 5.75. The van der Waals surface area contributed by atoms with Crippen molar-refractivity contribution in [3.05, 3.63) is 34.9 Å². The first-order chi connectivity index (χ1) is 9.51. The molecule has 2 nitrogen and oxygen atoms in total. The molecule has 112 valence electrons. The molecule has 0 aliphatic carbocycles. The lowest BCUT2D eigenvalue weighted by Crippen LogP contribution is -2.00. The third-order valence-electron chi connectivity index (χ3n) is 2.86. The maximum Gasteiger partial charge on any atom is 0.120 e. The van der Waals surface area contributed by atoms with Gasteiger partial charge in [0.1, 0.15) is 5.75 Å². The van der Waals surface area contributed by atoms with Gasteiger partial charge in [-0.25, -0.2) is 0 Å². The molecule has 0 amide bonds. The van der Waals surface area contributed by atoms with Crippen LogP contribution in [0.3, 0.4) is 0 Å². The molecule has 20 heavy (non-hydrogen) atoms. The Balaban J connectivity index is 2.73. The molecule has 0 fully saturated rings. The van der Waals surface area contributed by atoms with E-state index in [0.717, 1.165) is 18.8 Å². The van der Waals surface area contributed by atoms with E-state index in [1.165, 1.54) is 16.7 Å². The Bertz CT molecular complexity index is 429. The van der Waals surface area contributed by atoms with Gasteiger partial charge >= 0.3 is 0 Å². The van der Waals surface area contributed by atoms with Crippen LogP contribution in [0, 0.1) is 5.92 Å². The first-order valence-corrected chi connectivity index (χ1v) is 7.50. The van der Waals surface area contributed by atoms with Gasteiger partial charge in [-0.05, 0) is 62.4 Å². The molecule has 0 aromatic heterocycles. The maximum absolute atomic E-state index is 5.75. The van der Waals surface area contributed by atoms with Gasteiger partial charge in [0.2, 0.25) is 0 Å². The highest BCUT2D eigenvalue weighted by Crippen LogP contribution is 2.20. The Kier molecular flexibility index (Phi) is 7.38. The summed E-state index contributed by atoms with van der Waals surface area (Å²) in [6.07, 6.45) is 3.27. The summed E-state index contributed by atoms with van der Waals surface area (Å²) in [6, 6.07) is 6.32. The van der Waals surface area contributed by atoms with E-state index in [1.807, 2.05) is 6.92 Å². The summed E-state index contributed by atoms with van der Waals surface area (Å²) in [7, 11) is 0. The fourth-order valence-corrected chi connectivity index (χ4v) is 1.95. The minimum atomic E-state index is 0.650. The third kappa shape index (κ3) is 6.76. The highest BCUT2D eigenvalue weighted by atomic mass is 16.5. The summed E-state index contributed by atoms with van der Waals surface area (Å²) < 4.78 is 11.4. The van der Waals surface area contributed by atoms with Crippen LogP contribution >= 0.6 is 0 Å². The normalized spacial score (nSPS) is 10.7. The summed E-state index contributed by atoms with van der Waals surface area (Å²) in [5.41, 5.74) is 3.64. The topological polar surface area (TPSA) is 18.5 Å². The second-order valence-corrected chi connectivity index (χ2v) is 5.80. The van der Waals surface area contributed by atoms with E-state index in [-0.39, 0.29) is 0 Å². The average molecular weight is 276 g/mol. The standard InChI is InChI=1S/C18H28O2/c1-6-20-18-11-16(9-15(4)5)10-17(12-18)13-19-8-7-14(2)3/h9-12,14H,6-8,13H2,1-5H3. The zero-order valence-corrected chi connectivity index (χ0v) is 13.5. The van der Waals surface area contributed by atoms with Gasteiger partial charge in [0.15, 0.2) is 0 Å². The van der Waals surface area contributed by atoms with Gasteiger partial charge < -0.3 is 9.47 Å². The molecule has 1 aromatic rings. The molecule has 0 unspecified atom stereocenters. The van der Waals surface area contributed by atoms with E-state index in [9.17, 15) is 0 Å². The Morgan fingerprint density at radius 1 is 1.20 bits per heavy atom. The molecule has 2 heteroatoms. The number of ether oxygens (including phenoxy) is 2. The van der Waals surface area contributed by atoms with Crippen molar-refractivity contribution < 1.29 is 9.47 Å². The first kappa shape index (κ1) is 16.8. The van der Waals surface area contributed by atoms with Crippen molar-refractivity contribution in [1.29, 1.82) is 0 Å². The van der Waals surface area contributed by atoms with Crippen molar-refractivity contribution in [1.82, 2.24) is 0 Å². The van der Waals surface area contributed by atoms with Crippen LogP contribution in [0.2, 0.25) is 0 Å². The summed E-state index contributed by atoms with van der Waals surface area (Å²) in [5.74, 6) is 1.61. The minimum Gasteiger partial charge on any atom is -0.494 e. The van der Waals surface area contributed by atoms with Crippen molar-refractivity contribution in [2.75, 3.05) is 13.2 Å². The van der Waals surface area contributed by atoms with E-state index in [1.54, 1.807) is 0 Å². The van der Waals surface area contributed by atoms with Gasteiger partial charge in [-0.15, -0.1) is 0 Å². The molecule has 1 aromatic carbocycles. The molecule has 1 rings (SSSR count). The highest BCUT2D eigenvalue weighted by Gasteiger charge is 2.02. The third-order valence-corrected chi connectivity index (χ3v) is 2.86. The summed E-state index contributed by atoms with van der Waals surface area (Å²) in [4.78, 5) is 0. The fraction of sp³-hybridized carbons (Fsp3) is 0.556. The lowest BCUT2D eigenvalue weighted by atomic mass is 10.1.